The van der Waals surface area contributed by atoms with Gasteiger partial charge in [-0.15, -0.1) is 0 Å². The van der Waals surface area contributed by atoms with Gasteiger partial charge in [-0.1, -0.05) is 12.6 Å². The normalized spacial score (nSPS) is 10.9. The highest BCUT2D eigenvalue weighted by molar-refractivity contribution is 7.90. The van der Waals surface area contributed by atoms with Crippen molar-refractivity contribution in [2.45, 2.75) is 11.8 Å². The van der Waals surface area contributed by atoms with Gasteiger partial charge in [0.05, 0.1) is 4.90 Å². The van der Waals surface area contributed by atoms with Crippen LogP contribution in [0.4, 0.5) is 5.69 Å². The van der Waals surface area contributed by atoms with Crippen LogP contribution in [0, 0.1) is 6.92 Å². The van der Waals surface area contributed by atoms with Gasteiger partial charge in [0.2, 0.25) is 5.91 Å². The molecule has 4 nitrogen and oxygen atoms in total. The van der Waals surface area contributed by atoms with Gasteiger partial charge in [-0.2, -0.15) is 0 Å². The van der Waals surface area contributed by atoms with Crippen LogP contribution < -0.4 is 5.32 Å². The number of carbonyl (C=O) groups excluding carboxylic acids is 1. The van der Waals surface area contributed by atoms with Crippen LogP contribution in [0.15, 0.2) is 35.7 Å². The van der Waals surface area contributed by atoms with Crippen LogP contribution in [0.1, 0.15) is 5.56 Å². The number of amides is 1. The molecule has 0 spiro atoms. The lowest BCUT2D eigenvalue weighted by Gasteiger charge is -2.08. The molecule has 1 aromatic carbocycles. The standard InChI is InChI=1S/C11H13NO3S/c1-4-11(13)12-10-7-9(16(3,14)15)6-5-8(10)2/h4-7H,1H2,2-3H3,(H,12,13). The fourth-order valence-electron chi connectivity index (χ4n) is 1.15. The lowest BCUT2D eigenvalue weighted by Crippen LogP contribution is -2.09. The Bertz CT molecular complexity index is 532. The third-order valence-corrected chi connectivity index (χ3v) is 3.19. The second-order valence-electron chi connectivity index (χ2n) is 3.44. The second kappa shape index (κ2) is 4.49. The number of hydrogen-bond acceptors (Lipinski definition) is 3. The summed E-state index contributed by atoms with van der Waals surface area (Å²) in [4.78, 5) is 11.3. The molecule has 0 aliphatic carbocycles. The molecule has 1 N–H and O–H groups in total. The van der Waals surface area contributed by atoms with E-state index in [-0.39, 0.29) is 10.8 Å². The van der Waals surface area contributed by atoms with E-state index < -0.39 is 9.84 Å². The van der Waals surface area contributed by atoms with Crippen molar-refractivity contribution in [3.63, 3.8) is 0 Å². The molecule has 86 valence electrons. The Balaban J connectivity index is 3.19. The van der Waals surface area contributed by atoms with Crippen molar-refractivity contribution in [2.75, 3.05) is 11.6 Å². The number of rotatable bonds is 3. The van der Waals surface area contributed by atoms with Crippen LogP contribution in [0.3, 0.4) is 0 Å². The predicted molar refractivity (Wildman–Crippen MR) is 63.1 cm³/mol. The zero-order valence-electron chi connectivity index (χ0n) is 9.15. The first-order valence-corrected chi connectivity index (χ1v) is 6.48. The monoisotopic (exact) mass is 239 g/mol. The molecule has 0 saturated heterocycles. The van der Waals surface area contributed by atoms with Crippen LogP contribution in [0.25, 0.3) is 0 Å². The van der Waals surface area contributed by atoms with E-state index in [1.807, 2.05) is 0 Å². The van der Waals surface area contributed by atoms with Gasteiger partial charge in [0.15, 0.2) is 9.84 Å². The molecule has 16 heavy (non-hydrogen) atoms. The van der Waals surface area contributed by atoms with Crippen molar-refractivity contribution in [1.82, 2.24) is 0 Å². The van der Waals surface area contributed by atoms with Crippen LogP contribution in [0.5, 0.6) is 0 Å². The highest BCUT2D eigenvalue weighted by Crippen LogP contribution is 2.20. The van der Waals surface area contributed by atoms with Crippen LogP contribution in [-0.4, -0.2) is 20.6 Å². The van der Waals surface area contributed by atoms with E-state index in [1.165, 1.54) is 12.1 Å². The summed E-state index contributed by atoms with van der Waals surface area (Å²) in [7, 11) is -3.26. The molecule has 0 bridgehead atoms. The van der Waals surface area contributed by atoms with Gasteiger partial charge in [-0.3, -0.25) is 4.79 Å². The summed E-state index contributed by atoms with van der Waals surface area (Å²) in [6.07, 6.45) is 2.25. The minimum Gasteiger partial charge on any atom is -0.322 e. The van der Waals surface area contributed by atoms with Crippen molar-refractivity contribution in [2.24, 2.45) is 0 Å². The van der Waals surface area contributed by atoms with Gasteiger partial charge in [0.1, 0.15) is 0 Å². The largest absolute Gasteiger partial charge is 0.322 e. The van der Waals surface area contributed by atoms with Crippen molar-refractivity contribution in [1.29, 1.82) is 0 Å². The van der Waals surface area contributed by atoms with E-state index in [2.05, 4.69) is 11.9 Å². The number of anilines is 1. The van der Waals surface area contributed by atoms with Crippen molar-refractivity contribution >= 4 is 21.4 Å². The lowest BCUT2D eigenvalue weighted by molar-refractivity contribution is -0.111. The smallest absolute Gasteiger partial charge is 0.247 e. The van der Waals surface area contributed by atoms with Gasteiger partial charge in [-0.05, 0) is 30.7 Å². The average Bonchev–Trinajstić information content (AvgIpc) is 2.19. The Morgan fingerprint density at radius 2 is 2.06 bits per heavy atom. The zero-order chi connectivity index (χ0) is 12.3. The van der Waals surface area contributed by atoms with Gasteiger partial charge in [-0.25, -0.2) is 8.42 Å². The molecule has 0 radical (unpaired) electrons. The van der Waals surface area contributed by atoms with Gasteiger partial charge in [0.25, 0.3) is 0 Å². The lowest BCUT2D eigenvalue weighted by atomic mass is 10.2. The Hall–Kier alpha value is -1.62. The van der Waals surface area contributed by atoms with Gasteiger partial charge < -0.3 is 5.32 Å². The Morgan fingerprint density at radius 1 is 1.44 bits per heavy atom. The Kier molecular flexibility index (Phi) is 3.49. The number of benzene rings is 1. The predicted octanol–water partition coefficient (Wildman–Crippen LogP) is 1.52. The molecule has 0 fully saturated rings. The molecule has 1 rings (SSSR count). The molecule has 5 heteroatoms. The number of aryl methyl sites for hydroxylation is 1. The molecule has 0 aliphatic rings. The number of hydrogen-bond donors (Lipinski definition) is 1. The fourth-order valence-corrected chi connectivity index (χ4v) is 1.80. The molecule has 0 aliphatic heterocycles. The molecule has 1 amide bonds. The number of carbonyl (C=O) groups is 1. The van der Waals surface area contributed by atoms with Crippen molar-refractivity contribution in [3.8, 4) is 0 Å². The molecule has 0 heterocycles. The first kappa shape index (κ1) is 12.4. The SMILES string of the molecule is C=CC(=O)Nc1cc(S(C)(=O)=O)ccc1C. The van der Waals surface area contributed by atoms with Crippen LogP contribution in [-0.2, 0) is 14.6 Å². The molecular formula is C11H13NO3S. The van der Waals surface area contributed by atoms with Crippen molar-refractivity contribution in [3.05, 3.63) is 36.4 Å². The summed E-state index contributed by atoms with van der Waals surface area (Å²) in [5.74, 6) is -0.367. The number of nitrogens with one attached hydrogen (secondary N) is 1. The minimum absolute atomic E-state index is 0.178. The summed E-state index contributed by atoms with van der Waals surface area (Å²) in [6.45, 7) is 5.11. The molecule has 0 aromatic heterocycles. The molecule has 1 aromatic rings. The second-order valence-corrected chi connectivity index (χ2v) is 5.46. The molecular weight excluding hydrogens is 226 g/mol. The van der Waals surface area contributed by atoms with E-state index in [9.17, 15) is 13.2 Å². The van der Waals surface area contributed by atoms with Crippen molar-refractivity contribution < 1.29 is 13.2 Å². The Morgan fingerprint density at radius 3 is 2.56 bits per heavy atom. The highest BCUT2D eigenvalue weighted by atomic mass is 32.2. The molecule has 0 unspecified atom stereocenters. The molecule has 0 atom stereocenters. The highest BCUT2D eigenvalue weighted by Gasteiger charge is 2.10. The van der Waals surface area contributed by atoms with E-state index in [0.717, 1.165) is 17.9 Å². The minimum atomic E-state index is -3.26. The topological polar surface area (TPSA) is 63.2 Å². The summed E-state index contributed by atoms with van der Waals surface area (Å²) in [5, 5.41) is 2.55. The summed E-state index contributed by atoms with van der Waals surface area (Å²) in [5.41, 5.74) is 1.27. The zero-order valence-corrected chi connectivity index (χ0v) is 9.97. The summed E-state index contributed by atoms with van der Waals surface area (Å²) >= 11 is 0. The molecule has 0 saturated carbocycles. The maximum Gasteiger partial charge on any atom is 0.247 e. The van der Waals surface area contributed by atoms with Gasteiger partial charge >= 0.3 is 0 Å². The average molecular weight is 239 g/mol. The van der Waals surface area contributed by atoms with Crippen LogP contribution in [0.2, 0.25) is 0 Å². The van der Waals surface area contributed by atoms with Gasteiger partial charge in [0, 0.05) is 11.9 Å². The number of sulfone groups is 1. The first-order chi connectivity index (χ1) is 7.34. The van der Waals surface area contributed by atoms with Crippen LogP contribution >= 0.6 is 0 Å². The third kappa shape index (κ3) is 2.93. The van der Waals surface area contributed by atoms with E-state index >= 15 is 0 Å². The van der Waals surface area contributed by atoms with E-state index in [0.29, 0.717) is 5.69 Å². The van der Waals surface area contributed by atoms with E-state index in [1.54, 1.807) is 13.0 Å². The first-order valence-electron chi connectivity index (χ1n) is 4.58. The fraction of sp³-hybridized carbons (Fsp3) is 0.182. The quantitative estimate of drug-likeness (QED) is 0.813. The van der Waals surface area contributed by atoms with E-state index in [4.69, 9.17) is 0 Å². The maximum atomic E-state index is 11.3. The Labute approximate surface area is 94.9 Å². The summed E-state index contributed by atoms with van der Waals surface area (Å²) in [6, 6.07) is 4.59. The summed E-state index contributed by atoms with van der Waals surface area (Å²) < 4.78 is 22.6. The third-order valence-electron chi connectivity index (χ3n) is 2.08. The maximum absolute atomic E-state index is 11.3.